The van der Waals surface area contributed by atoms with Crippen LogP contribution in [-0.4, -0.2) is 17.4 Å². The summed E-state index contributed by atoms with van der Waals surface area (Å²) in [6, 6.07) is 29.2. The molecule has 0 spiro atoms. The van der Waals surface area contributed by atoms with Gasteiger partial charge in [-0.2, -0.15) is 0 Å². The zero-order chi connectivity index (χ0) is 22.8. The van der Waals surface area contributed by atoms with Gasteiger partial charge in [0.2, 0.25) is 0 Å². The molecule has 32 heavy (non-hydrogen) atoms. The van der Waals surface area contributed by atoms with E-state index in [9.17, 15) is 4.79 Å². The number of fused-ring (bicyclic) bond motifs is 2. The first kappa shape index (κ1) is 21.9. The van der Waals surface area contributed by atoms with Gasteiger partial charge in [-0.15, -0.1) is 0 Å². The molecule has 0 N–H and O–H groups in total. The van der Waals surface area contributed by atoms with Crippen molar-refractivity contribution in [3.05, 3.63) is 96.1 Å². The van der Waals surface area contributed by atoms with Crippen LogP contribution in [-0.2, 0) is 22.3 Å². The Kier molecular flexibility index (Phi) is 5.92. The predicted octanol–water partition coefficient (Wildman–Crippen LogP) is 7.49. The average Bonchev–Trinajstić information content (AvgIpc) is 2.72. The molecular formula is C29H30O3. The molecule has 4 aromatic rings. The maximum Gasteiger partial charge on any atom is 0.509 e. The molecule has 0 bridgehead atoms. The van der Waals surface area contributed by atoms with Crippen molar-refractivity contribution in [2.75, 3.05) is 0 Å². The number of hydrogen-bond donors (Lipinski definition) is 0. The molecule has 0 unspecified atom stereocenters. The molecule has 3 heteroatoms. The van der Waals surface area contributed by atoms with Crippen molar-refractivity contribution in [3.8, 4) is 0 Å². The Labute approximate surface area is 190 Å². The van der Waals surface area contributed by atoms with Crippen molar-refractivity contribution in [2.45, 2.75) is 51.7 Å². The number of rotatable bonds is 6. The molecule has 0 saturated heterocycles. The molecule has 0 amide bonds. The minimum atomic E-state index is -0.682. The second-order valence-corrected chi connectivity index (χ2v) is 9.69. The van der Waals surface area contributed by atoms with Crippen molar-refractivity contribution in [2.24, 2.45) is 0 Å². The van der Waals surface area contributed by atoms with E-state index in [4.69, 9.17) is 9.47 Å². The fourth-order valence-electron chi connectivity index (χ4n) is 4.22. The van der Waals surface area contributed by atoms with E-state index in [1.165, 1.54) is 21.5 Å². The molecule has 0 aliphatic rings. The highest BCUT2D eigenvalue weighted by atomic mass is 16.7. The van der Waals surface area contributed by atoms with Gasteiger partial charge in [0.05, 0.1) is 0 Å². The lowest BCUT2D eigenvalue weighted by molar-refractivity contribution is -0.0582. The molecule has 164 valence electrons. The van der Waals surface area contributed by atoms with Crippen LogP contribution >= 0.6 is 0 Å². The fourth-order valence-corrected chi connectivity index (χ4v) is 4.22. The molecule has 0 saturated carbocycles. The number of benzene rings is 4. The van der Waals surface area contributed by atoms with E-state index in [0.29, 0.717) is 12.8 Å². The van der Waals surface area contributed by atoms with Gasteiger partial charge in [-0.05, 0) is 60.4 Å². The van der Waals surface area contributed by atoms with Crippen LogP contribution in [0.15, 0.2) is 84.9 Å². The Morgan fingerprint density at radius 2 is 0.969 bits per heavy atom. The van der Waals surface area contributed by atoms with Crippen molar-refractivity contribution >= 4 is 27.7 Å². The Hall–Kier alpha value is -3.33. The Bertz CT molecular complexity index is 1160. The van der Waals surface area contributed by atoms with Crippen LogP contribution in [0.4, 0.5) is 4.79 Å². The summed E-state index contributed by atoms with van der Waals surface area (Å²) < 4.78 is 11.5. The number of ether oxygens (including phenoxy) is 2. The molecule has 0 aliphatic carbocycles. The monoisotopic (exact) mass is 426 g/mol. The first-order chi connectivity index (χ1) is 15.2. The van der Waals surface area contributed by atoms with E-state index in [2.05, 4.69) is 60.7 Å². The zero-order valence-corrected chi connectivity index (χ0v) is 19.2. The van der Waals surface area contributed by atoms with Crippen LogP contribution in [0.5, 0.6) is 0 Å². The van der Waals surface area contributed by atoms with Crippen LogP contribution in [0.25, 0.3) is 21.5 Å². The minimum absolute atomic E-state index is 0.609. The van der Waals surface area contributed by atoms with Crippen LogP contribution in [0.1, 0.15) is 38.8 Å². The van der Waals surface area contributed by atoms with Crippen molar-refractivity contribution in [1.29, 1.82) is 0 Å². The molecule has 0 aromatic heterocycles. The summed E-state index contributed by atoms with van der Waals surface area (Å²) in [5, 5.41) is 4.76. The Morgan fingerprint density at radius 1 is 0.594 bits per heavy atom. The minimum Gasteiger partial charge on any atom is -0.428 e. The number of carbonyl (C=O) groups excluding carboxylic acids is 1. The molecule has 0 aliphatic heterocycles. The molecule has 0 atom stereocenters. The summed E-state index contributed by atoms with van der Waals surface area (Å²) in [4.78, 5) is 12.6. The van der Waals surface area contributed by atoms with Gasteiger partial charge in [0.15, 0.2) is 0 Å². The maximum atomic E-state index is 12.6. The molecular weight excluding hydrogens is 396 g/mol. The van der Waals surface area contributed by atoms with E-state index >= 15 is 0 Å². The van der Waals surface area contributed by atoms with Crippen molar-refractivity contribution in [3.63, 3.8) is 0 Å². The number of hydrogen-bond acceptors (Lipinski definition) is 3. The van der Waals surface area contributed by atoms with Gasteiger partial charge in [0, 0.05) is 12.8 Å². The lowest BCUT2D eigenvalue weighted by atomic mass is 9.96. The highest BCUT2D eigenvalue weighted by molar-refractivity contribution is 5.83. The summed E-state index contributed by atoms with van der Waals surface area (Å²) in [5.41, 5.74) is 0.880. The summed E-state index contributed by atoms with van der Waals surface area (Å²) in [7, 11) is 0. The molecule has 0 radical (unpaired) electrons. The van der Waals surface area contributed by atoms with Crippen molar-refractivity contribution in [1.82, 2.24) is 0 Å². The van der Waals surface area contributed by atoms with Crippen LogP contribution < -0.4 is 0 Å². The molecule has 4 aromatic carbocycles. The summed E-state index contributed by atoms with van der Waals surface area (Å²) in [6.45, 7) is 7.67. The lowest BCUT2D eigenvalue weighted by Crippen LogP contribution is -2.36. The topological polar surface area (TPSA) is 35.5 Å². The van der Waals surface area contributed by atoms with Gasteiger partial charge in [0.25, 0.3) is 0 Å². The number of carbonyl (C=O) groups is 1. The first-order valence-corrected chi connectivity index (χ1v) is 11.1. The summed E-state index contributed by atoms with van der Waals surface area (Å²) in [5.74, 6) is 0. The van der Waals surface area contributed by atoms with Gasteiger partial charge in [-0.25, -0.2) is 4.79 Å². The third-order valence-corrected chi connectivity index (χ3v) is 5.61. The Balaban J connectivity index is 1.38. The third-order valence-electron chi connectivity index (χ3n) is 5.61. The normalized spacial score (nSPS) is 12.1. The van der Waals surface area contributed by atoms with Crippen LogP contribution in [0.2, 0.25) is 0 Å². The summed E-state index contributed by atoms with van der Waals surface area (Å²) in [6.07, 6.45) is 0.581. The second kappa shape index (κ2) is 8.66. The smallest absolute Gasteiger partial charge is 0.428 e. The lowest BCUT2D eigenvalue weighted by Gasteiger charge is -2.29. The largest absolute Gasteiger partial charge is 0.509 e. The van der Waals surface area contributed by atoms with E-state index < -0.39 is 17.4 Å². The van der Waals surface area contributed by atoms with Crippen LogP contribution in [0.3, 0.4) is 0 Å². The van der Waals surface area contributed by atoms with Gasteiger partial charge >= 0.3 is 6.16 Å². The third kappa shape index (κ3) is 5.47. The average molecular weight is 427 g/mol. The van der Waals surface area contributed by atoms with Gasteiger partial charge in [0.1, 0.15) is 11.2 Å². The fraction of sp³-hybridized carbons (Fsp3) is 0.276. The highest BCUT2D eigenvalue weighted by Gasteiger charge is 2.30. The van der Waals surface area contributed by atoms with Gasteiger partial charge < -0.3 is 9.47 Å². The molecule has 0 heterocycles. The van der Waals surface area contributed by atoms with E-state index in [0.717, 1.165) is 11.1 Å². The van der Waals surface area contributed by atoms with E-state index in [1.807, 2.05) is 52.0 Å². The SMILES string of the molecule is CC(C)(Cc1ccc2ccccc2c1)OC(=O)OC(C)(C)Cc1ccc2ccccc2c1. The van der Waals surface area contributed by atoms with Gasteiger partial charge in [-0.1, -0.05) is 84.9 Å². The molecule has 4 rings (SSSR count). The van der Waals surface area contributed by atoms with E-state index in [1.54, 1.807) is 0 Å². The van der Waals surface area contributed by atoms with Crippen molar-refractivity contribution < 1.29 is 14.3 Å². The van der Waals surface area contributed by atoms with Gasteiger partial charge in [-0.3, -0.25) is 0 Å². The first-order valence-electron chi connectivity index (χ1n) is 11.1. The highest BCUT2D eigenvalue weighted by Crippen LogP contribution is 2.25. The summed E-state index contributed by atoms with van der Waals surface area (Å²) >= 11 is 0. The molecule has 0 fully saturated rings. The molecule has 3 nitrogen and oxygen atoms in total. The quantitative estimate of drug-likeness (QED) is 0.300. The maximum absolute atomic E-state index is 12.6. The Morgan fingerprint density at radius 3 is 1.38 bits per heavy atom. The zero-order valence-electron chi connectivity index (χ0n) is 19.2. The second-order valence-electron chi connectivity index (χ2n) is 9.69. The standard InChI is InChI=1S/C29H30O3/c1-28(2,19-21-13-15-23-9-5-7-11-25(23)17-21)31-27(30)32-29(3,4)20-22-14-16-24-10-6-8-12-26(24)18-22/h5-18H,19-20H2,1-4H3. The predicted molar refractivity (Wildman–Crippen MR) is 131 cm³/mol. The van der Waals surface area contributed by atoms with Crippen LogP contribution in [0, 0.1) is 0 Å². The van der Waals surface area contributed by atoms with E-state index in [-0.39, 0.29) is 0 Å².